The van der Waals surface area contributed by atoms with Crippen molar-refractivity contribution < 1.29 is 4.79 Å². The molecule has 4 atom stereocenters. The van der Waals surface area contributed by atoms with Crippen molar-refractivity contribution in [3.05, 3.63) is 12.2 Å². The van der Waals surface area contributed by atoms with E-state index < -0.39 is 0 Å². The Labute approximate surface area is 122 Å². The third-order valence-corrected chi connectivity index (χ3v) is 5.49. The zero-order valence-corrected chi connectivity index (χ0v) is 12.7. The van der Waals surface area contributed by atoms with Gasteiger partial charge in [0, 0.05) is 32.1 Å². The van der Waals surface area contributed by atoms with Gasteiger partial charge in [-0.1, -0.05) is 12.2 Å². The molecule has 2 bridgehead atoms. The SMILES string of the molecule is CC(NCCC(=O)N1CCCCC1)C1CC2C=CC1C2. The third-order valence-electron chi connectivity index (χ3n) is 5.49. The molecule has 4 unspecified atom stereocenters. The molecule has 3 aliphatic rings. The highest BCUT2D eigenvalue weighted by Crippen LogP contribution is 2.44. The number of nitrogens with zero attached hydrogens (tertiary/aromatic N) is 1. The summed E-state index contributed by atoms with van der Waals surface area (Å²) in [4.78, 5) is 14.2. The van der Waals surface area contributed by atoms with Crippen molar-refractivity contribution in [3.63, 3.8) is 0 Å². The Balaban J connectivity index is 1.37. The largest absolute Gasteiger partial charge is 0.343 e. The molecule has 20 heavy (non-hydrogen) atoms. The van der Waals surface area contributed by atoms with E-state index in [-0.39, 0.29) is 0 Å². The van der Waals surface area contributed by atoms with Crippen molar-refractivity contribution in [2.24, 2.45) is 17.8 Å². The molecule has 2 fully saturated rings. The van der Waals surface area contributed by atoms with Crippen molar-refractivity contribution in [1.29, 1.82) is 0 Å². The highest BCUT2D eigenvalue weighted by Gasteiger charge is 2.38. The first kappa shape index (κ1) is 14.1. The monoisotopic (exact) mass is 276 g/mol. The lowest BCUT2D eigenvalue weighted by Gasteiger charge is -2.28. The summed E-state index contributed by atoms with van der Waals surface area (Å²) in [6.07, 6.45) is 11.8. The van der Waals surface area contributed by atoms with E-state index in [1.54, 1.807) is 0 Å². The minimum atomic E-state index is 0.345. The number of carbonyl (C=O) groups is 1. The summed E-state index contributed by atoms with van der Waals surface area (Å²) in [5.41, 5.74) is 0. The maximum Gasteiger partial charge on any atom is 0.223 e. The van der Waals surface area contributed by atoms with Gasteiger partial charge in [0.25, 0.3) is 0 Å². The highest BCUT2D eigenvalue weighted by atomic mass is 16.2. The molecular weight excluding hydrogens is 248 g/mol. The zero-order valence-electron chi connectivity index (χ0n) is 12.7. The first-order chi connectivity index (χ1) is 9.74. The number of hydrogen-bond donors (Lipinski definition) is 1. The van der Waals surface area contributed by atoms with E-state index >= 15 is 0 Å². The summed E-state index contributed by atoms with van der Waals surface area (Å²) in [6, 6.07) is 0.545. The summed E-state index contributed by atoms with van der Waals surface area (Å²) in [5.74, 6) is 2.76. The van der Waals surface area contributed by atoms with E-state index in [0.717, 1.165) is 37.4 Å². The zero-order chi connectivity index (χ0) is 13.9. The van der Waals surface area contributed by atoms with Gasteiger partial charge in [0.1, 0.15) is 0 Å². The maximum absolute atomic E-state index is 12.1. The van der Waals surface area contributed by atoms with Crippen LogP contribution < -0.4 is 5.32 Å². The van der Waals surface area contributed by atoms with Crippen LogP contribution in [0.2, 0.25) is 0 Å². The van der Waals surface area contributed by atoms with E-state index in [1.165, 1.54) is 32.1 Å². The maximum atomic E-state index is 12.1. The Morgan fingerprint density at radius 2 is 2.05 bits per heavy atom. The second kappa shape index (κ2) is 6.30. The van der Waals surface area contributed by atoms with Gasteiger partial charge >= 0.3 is 0 Å². The van der Waals surface area contributed by atoms with Crippen LogP contribution in [0.3, 0.4) is 0 Å². The molecule has 3 nitrogen and oxygen atoms in total. The van der Waals surface area contributed by atoms with E-state index in [9.17, 15) is 4.79 Å². The van der Waals surface area contributed by atoms with Gasteiger partial charge in [-0.2, -0.15) is 0 Å². The minimum absolute atomic E-state index is 0.345. The second-order valence-electron chi connectivity index (χ2n) is 6.88. The molecule has 0 spiro atoms. The predicted octanol–water partition coefficient (Wildman–Crippen LogP) is 2.58. The quantitative estimate of drug-likeness (QED) is 0.783. The molecule has 0 aromatic carbocycles. The van der Waals surface area contributed by atoms with E-state index in [1.807, 2.05) is 0 Å². The van der Waals surface area contributed by atoms with Crippen LogP contribution in [0.15, 0.2) is 12.2 Å². The fourth-order valence-corrected chi connectivity index (χ4v) is 4.26. The molecule has 1 N–H and O–H groups in total. The Kier molecular flexibility index (Phi) is 4.45. The molecule has 1 amide bonds. The van der Waals surface area contributed by atoms with Crippen LogP contribution in [0.25, 0.3) is 0 Å². The number of hydrogen-bond acceptors (Lipinski definition) is 2. The van der Waals surface area contributed by atoms with Gasteiger partial charge in [-0.05, 0) is 56.8 Å². The number of carbonyl (C=O) groups excluding carboxylic acids is 1. The molecule has 0 radical (unpaired) electrons. The smallest absolute Gasteiger partial charge is 0.223 e. The number of piperidine rings is 1. The Morgan fingerprint density at radius 1 is 1.25 bits per heavy atom. The number of nitrogens with one attached hydrogen (secondary N) is 1. The fourth-order valence-electron chi connectivity index (χ4n) is 4.26. The van der Waals surface area contributed by atoms with Crippen LogP contribution in [0.4, 0.5) is 0 Å². The van der Waals surface area contributed by atoms with Gasteiger partial charge in [-0.15, -0.1) is 0 Å². The lowest BCUT2D eigenvalue weighted by atomic mass is 9.87. The number of allylic oxidation sites excluding steroid dienone is 2. The summed E-state index contributed by atoms with van der Waals surface area (Å²) < 4.78 is 0. The fraction of sp³-hybridized carbons (Fsp3) is 0.824. The normalized spacial score (nSPS) is 33.6. The summed E-state index contributed by atoms with van der Waals surface area (Å²) in [6.45, 7) is 5.09. The molecule has 2 aliphatic carbocycles. The molecule has 1 heterocycles. The molecule has 1 saturated carbocycles. The van der Waals surface area contributed by atoms with Crippen LogP contribution in [0.5, 0.6) is 0 Å². The third kappa shape index (κ3) is 3.08. The molecule has 3 heteroatoms. The van der Waals surface area contributed by atoms with Crippen molar-refractivity contribution in [1.82, 2.24) is 10.2 Å². The van der Waals surface area contributed by atoms with E-state index in [4.69, 9.17) is 0 Å². The average Bonchev–Trinajstić information content (AvgIpc) is 3.10. The molecule has 0 aromatic heterocycles. The standard InChI is InChI=1S/C17H28N2O/c1-13(16-12-14-5-6-15(16)11-14)18-8-7-17(20)19-9-3-2-4-10-19/h5-6,13-16,18H,2-4,7-12H2,1H3. The van der Waals surface area contributed by atoms with Crippen LogP contribution in [-0.2, 0) is 4.79 Å². The Bertz CT molecular complexity index is 373. The average molecular weight is 276 g/mol. The van der Waals surface area contributed by atoms with E-state index in [0.29, 0.717) is 18.4 Å². The number of amides is 1. The van der Waals surface area contributed by atoms with Gasteiger partial charge in [-0.3, -0.25) is 4.79 Å². The lowest BCUT2D eigenvalue weighted by molar-refractivity contribution is -0.132. The van der Waals surface area contributed by atoms with Gasteiger partial charge in [0.2, 0.25) is 5.91 Å². The Hall–Kier alpha value is -0.830. The predicted molar refractivity (Wildman–Crippen MR) is 81.4 cm³/mol. The van der Waals surface area contributed by atoms with Crippen molar-refractivity contribution >= 4 is 5.91 Å². The molecule has 1 aliphatic heterocycles. The molecule has 1 saturated heterocycles. The first-order valence-corrected chi connectivity index (χ1v) is 8.43. The van der Waals surface area contributed by atoms with Crippen molar-refractivity contribution in [2.45, 2.75) is 51.5 Å². The molecule has 3 rings (SSSR count). The van der Waals surface area contributed by atoms with Crippen LogP contribution in [0.1, 0.15) is 45.4 Å². The topological polar surface area (TPSA) is 32.3 Å². The second-order valence-corrected chi connectivity index (χ2v) is 6.88. The molecule has 0 aromatic rings. The molecular formula is C17H28N2O. The summed E-state index contributed by atoms with van der Waals surface area (Å²) >= 11 is 0. The Morgan fingerprint density at radius 3 is 2.70 bits per heavy atom. The van der Waals surface area contributed by atoms with Crippen molar-refractivity contribution in [2.75, 3.05) is 19.6 Å². The molecule has 112 valence electrons. The first-order valence-electron chi connectivity index (χ1n) is 8.43. The lowest BCUT2D eigenvalue weighted by Crippen LogP contribution is -2.40. The van der Waals surface area contributed by atoms with Crippen molar-refractivity contribution in [3.8, 4) is 0 Å². The summed E-state index contributed by atoms with van der Waals surface area (Å²) in [5, 5.41) is 3.60. The van der Waals surface area contributed by atoms with Gasteiger partial charge < -0.3 is 10.2 Å². The highest BCUT2D eigenvalue weighted by molar-refractivity contribution is 5.76. The van der Waals surface area contributed by atoms with Crippen LogP contribution in [-0.4, -0.2) is 36.5 Å². The van der Waals surface area contributed by atoms with E-state index in [2.05, 4.69) is 29.3 Å². The van der Waals surface area contributed by atoms with Crippen LogP contribution in [0, 0.1) is 17.8 Å². The summed E-state index contributed by atoms with van der Waals surface area (Å²) in [7, 11) is 0. The van der Waals surface area contributed by atoms with Gasteiger partial charge in [0.05, 0.1) is 0 Å². The minimum Gasteiger partial charge on any atom is -0.343 e. The van der Waals surface area contributed by atoms with Crippen LogP contribution >= 0.6 is 0 Å². The van der Waals surface area contributed by atoms with Gasteiger partial charge in [0.15, 0.2) is 0 Å². The number of fused-ring (bicyclic) bond motifs is 2. The number of rotatable bonds is 5. The van der Waals surface area contributed by atoms with Gasteiger partial charge in [-0.25, -0.2) is 0 Å². The number of likely N-dealkylation sites (tertiary alicyclic amines) is 1.